The maximum absolute atomic E-state index is 13.1. The van der Waals surface area contributed by atoms with Crippen LogP contribution in [0.15, 0.2) is 47.4 Å². The Balaban J connectivity index is 2.07. The van der Waals surface area contributed by atoms with Gasteiger partial charge < -0.3 is 4.74 Å². The van der Waals surface area contributed by atoms with Gasteiger partial charge >= 0.3 is 0 Å². The van der Waals surface area contributed by atoms with Gasteiger partial charge in [-0.25, -0.2) is 25.5 Å². The van der Waals surface area contributed by atoms with E-state index in [0.29, 0.717) is 4.31 Å². The van der Waals surface area contributed by atoms with Crippen molar-refractivity contribution in [1.82, 2.24) is 0 Å². The molecular formula is C17H17FN2O6S2. The Labute approximate surface area is 162 Å². The zero-order valence-corrected chi connectivity index (χ0v) is 16.4. The monoisotopic (exact) mass is 428 g/mol. The molecule has 1 aliphatic heterocycles. The Morgan fingerprint density at radius 3 is 2.43 bits per heavy atom. The third-order valence-electron chi connectivity index (χ3n) is 3.93. The Hall–Kier alpha value is -2.66. The van der Waals surface area contributed by atoms with Crippen molar-refractivity contribution in [2.45, 2.75) is 18.2 Å². The summed E-state index contributed by atoms with van der Waals surface area (Å²) in [6.45, 7) is 1.82. The average molecular weight is 428 g/mol. The first-order valence-electron chi connectivity index (χ1n) is 8.25. The normalized spacial score (nSPS) is 16.2. The van der Waals surface area contributed by atoms with Crippen molar-refractivity contribution in [3.8, 4) is 5.75 Å². The molecule has 3 rings (SSSR count). The molecule has 150 valence electrons. The van der Waals surface area contributed by atoms with E-state index >= 15 is 0 Å². The minimum Gasteiger partial charge on any atom is -0.492 e. The molecule has 0 radical (unpaired) electrons. The largest absolute Gasteiger partial charge is 0.492 e. The summed E-state index contributed by atoms with van der Waals surface area (Å²) in [5.74, 6) is -1.52. The summed E-state index contributed by atoms with van der Waals surface area (Å²) in [6.07, 6.45) is -0.175. The highest BCUT2D eigenvalue weighted by molar-refractivity contribution is 7.94. The molecule has 2 aromatic rings. The van der Waals surface area contributed by atoms with Crippen molar-refractivity contribution < 1.29 is 30.8 Å². The van der Waals surface area contributed by atoms with E-state index in [2.05, 4.69) is 4.72 Å². The van der Waals surface area contributed by atoms with E-state index in [0.717, 1.165) is 18.2 Å². The Kier molecular flexibility index (Phi) is 5.31. The van der Waals surface area contributed by atoms with Gasteiger partial charge in [0.15, 0.2) is 0 Å². The minimum atomic E-state index is -4.22. The van der Waals surface area contributed by atoms with Crippen LogP contribution in [0.4, 0.5) is 15.8 Å². The number of hydrogen-bond acceptors (Lipinski definition) is 6. The Bertz CT molecular complexity index is 1110. The fraction of sp³-hybridized carbons (Fsp3) is 0.235. The van der Waals surface area contributed by atoms with Gasteiger partial charge in [0.2, 0.25) is 15.9 Å². The number of carbonyl (C=O) groups excluding carboxylic acids is 1. The third kappa shape index (κ3) is 3.94. The first-order chi connectivity index (χ1) is 13.1. The number of halogens is 1. The van der Waals surface area contributed by atoms with Crippen LogP contribution in [0.25, 0.3) is 0 Å². The maximum Gasteiger partial charge on any atom is 0.265 e. The number of amides is 1. The lowest BCUT2D eigenvalue weighted by molar-refractivity contribution is -0.116. The molecule has 1 amide bonds. The Morgan fingerprint density at radius 1 is 1.18 bits per heavy atom. The highest BCUT2D eigenvalue weighted by atomic mass is 32.2. The SMILES string of the molecule is CCOc1ccc(N2C(=O)CCS2(=O)=O)cc1S(=O)(=O)Nc1ccc(F)cc1. The van der Waals surface area contributed by atoms with Gasteiger partial charge in [0.25, 0.3) is 10.0 Å². The van der Waals surface area contributed by atoms with Gasteiger partial charge in [0.1, 0.15) is 16.5 Å². The van der Waals surface area contributed by atoms with Crippen LogP contribution in [0.5, 0.6) is 5.75 Å². The third-order valence-corrected chi connectivity index (χ3v) is 7.02. The second kappa shape index (κ2) is 7.40. The summed E-state index contributed by atoms with van der Waals surface area (Å²) in [5, 5.41) is 0. The van der Waals surface area contributed by atoms with E-state index in [1.54, 1.807) is 6.92 Å². The molecule has 1 saturated heterocycles. The molecular weight excluding hydrogens is 411 g/mol. The van der Waals surface area contributed by atoms with Crippen LogP contribution in [0, 0.1) is 5.82 Å². The molecule has 1 heterocycles. The van der Waals surface area contributed by atoms with Crippen molar-refractivity contribution in [1.29, 1.82) is 0 Å². The van der Waals surface area contributed by atoms with Crippen LogP contribution >= 0.6 is 0 Å². The van der Waals surface area contributed by atoms with Crippen molar-refractivity contribution >= 4 is 37.3 Å². The van der Waals surface area contributed by atoms with E-state index < -0.39 is 31.8 Å². The van der Waals surface area contributed by atoms with Crippen LogP contribution in [0.2, 0.25) is 0 Å². The van der Waals surface area contributed by atoms with Crippen LogP contribution < -0.4 is 13.8 Å². The minimum absolute atomic E-state index is 0.00935. The molecule has 0 atom stereocenters. The second-order valence-corrected chi connectivity index (χ2v) is 9.49. The number of hydrogen-bond donors (Lipinski definition) is 1. The predicted octanol–water partition coefficient (Wildman–Crippen LogP) is 2.09. The average Bonchev–Trinajstić information content (AvgIpc) is 2.90. The summed E-state index contributed by atoms with van der Waals surface area (Å²) < 4.78 is 71.3. The van der Waals surface area contributed by atoms with Gasteiger partial charge in [0, 0.05) is 12.1 Å². The second-order valence-electron chi connectivity index (χ2n) is 5.90. The molecule has 0 bridgehead atoms. The predicted molar refractivity (Wildman–Crippen MR) is 101 cm³/mol. The molecule has 0 saturated carbocycles. The fourth-order valence-corrected chi connectivity index (χ4v) is 5.38. The van der Waals surface area contributed by atoms with Gasteiger partial charge in [-0.05, 0) is 49.4 Å². The van der Waals surface area contributed by atoms with Crippen LogP contribution in [-0.2, 0) is 24.8 Å². The highest BCUT2D eigenvalue weighted by Gasteiger charge is 2.37. The number of sulfonamides is 2. The molecule has 0 spiro atoms. The number of nitrogens with one attached hydrogen (secondary N) is 1. The summed E-state index contributed by atoms with van der Waals surface area (Å²) in [5.41, 5.74) is 0.0181. The molecule has 2 aromatic carbocycles. The number of anilines is 2. The summed E-state index contributed by atoms with van der Waals surface area (Å²) in [4.78, 5) is 11.7. The van der Waals surface area contributed by atoms with E-state index in [1.165, 1.54) is 24.3 Å². The lowest BCUT2D eigenvalue weighted by Gasteiger charge is -2.18. The van der Waals surface area contributed by atoms with Gasteiger partial charge in [-0.1, -0.05) is 0 Å². The number of ether oxygens (including phenoxy) is 1. The highest BCUT2D eigenvalue weighted by Crippen LogP contribution is 2.33. The van der Waals surface area contributed by atoms with Crippen LogP contribution in [0.1, 0.15) is 13.3 Å². The van der Waals surface area contributed by atoms with E-state index in [4.69, 9.17) is 4.74 Å². The standard InChI is InChI=1S/C17H17FN2O6S2/c1-2-26-15-8-7-14(20-17(21)9-10-27(20,22)23)11-16(15)28(24,25)19-13-5-3-12(18)4-6-13/h3-8,11,19H,2,9-10H2,1H3. The molecule has 0 unspecified atom stereocenters. The topological polar surface area (TPSA) is 110 Å². The van der Waals surface area contributed by atoms with Crippen molar-refractivity contribution in [3.63, 3.8) is 0 Å². The lowest BCUT2D eigenvalue weighted by atomic mass is 10.3. The van der Waals surface area contributed by atoms with Gasteiger partial charge in [-0.3, -0.25) is 9.52 Å². The smallest absolute Gasteiger partial charge is 0.265 e. The maximum atomic E-state index is 13.1. The molecule has 0 aliphatic carbocycles. The zero-order valence-electron chi connectivity index (χ0n) is 14.8. The van der Waals surface area contributed by atoms with Crippen molar-refractivity contribution in [2.75, 3.05) is 21.4 Å². The number of nitrogens with zero attached hydrogens (tertiary/aromatic N) is 1. The fourth-order valence-electron chi connectivity index (χ4n) is 2.70. The number of benzene rings is 2. The first-order valence-corrected chi connectivity index (χ1v) is 11.3. The van der Waals surface area contributed by atoms with Crippen LogP contribution in [0.3, 0.4) is 0 Å². The molecule has 0 aromatic heterocycles. The van der Waals surface area contributed by atoms with Gasteiger partial charge in [-0.15, -0.1) is 0 Å². The number of carbonyl (C=O) groups is 1. The molecule has 1 fully saturated rings. The van der Waals surface area contributed by atoms with Gasteiger partial charge in [0.05, 0.1) is 18.0 Å². The lowest BCUT2D eigenvalue weighted by Crippen LogP contribution is -2.29. The quantitative estimate of drug-likeness (QED) is 0.755. The van der Waals surface area contributed by atoms with Gasteiger partial charge in [-0.2, -0.15) is 0 Å². The van der Waals surface area contributed by atoms with Crippen LogP contribution in [-0.4, -0.2) is 35.1 Å². The summed E-state index contributed by atoms with van der Waals surface area (Å²) in [7, 11) is -8.07. The summed E-state index contributed by atoms with van der Waals surface area (Å²) in [6, 6.07) is 8.33. The van der Waals surface area contributed by atoms with E-state index in [-0.39, 0.29) is 40.8 Å². The zero-order chi connectivity index (χ0) is 20.5. The molecule has 8 nitrogen and oxygen atoms in total. The molecule has 1 N–H and O–H groups in total. The van der Waals surface area contributed by atoms with E-state index in [9.17, 15) is 26.0 Å². The van der Waals surface area contributed by atoms with Crippen molar-refractivity contribution in [3.05, 3.63) is 48.3 Å². The summed E-state index contributed by atoms with van der Waals surface area (Å²) >= 11 is 0. The molecule has 11 heteroatoms. The number of rotatable bonds is 6. The molecule has 28 heavy (non-hydrogen) atoms. The van der Waals surface area contributed by atoms with E-state index in [1.807, 2.05) is 0 Å². The first kappa shape index (κ1) is 20.1. The molecule has 1 aliphatic rings. The Morgan fingerprint density at radius 2 is 1.86 bits per heavy atom. The van der Waals surface area contributed by atoms with Crippen molar-refractivity contribution in [2.24, 2.45) is 0 Å².